The second-order valence-electron chi connectivity index (χ2n) is 3.91. The van der Waals surface area contributed by atoms with Gasteiger partial charge in [-0.1, -0.05) is 18.5 Å². The molecule has 19 heavy (non-hydrogen) atoms. The molecule has 0 spiro atoms. The molecule has 1 aromatic carbocycles. The van der Waals surface area contributed by atoms with E-state index in [1.54, 1.807) is 0 Å². The molecule has 7 heteroatoms. The molecule has 0 atom stereocenters. The molecule has 0 bridgehead atoms. The van der Waals surface area contributed by atoms with Crippen LogP contribution in [0, 0.1) is 5.82 Å². The number of carbonyl (C=O) groups excluding carboxylic acids is 1. The van der Waals surface area contributed by atoms with Crippen LogP contribution in [0.2, 0.25) is 0 Å². The Morgan fingerprint density at radius 2 is 2.26 bits per heavy atom. The number of carbonyl (C=O) groups is 1. The largest absolute Gasteiger partial charge is 0.409 e. The Bertz CT molecular complexity index is 477. The van der Waals surface area contributed by atoms with Crippen LogP contribution in [0.4, 0.5) is 14.9 Å². The smallest absolute Gasteiger partial charge is 0.319 e. The fourth-order valence-electron chi connectivity index (χ4n) is 1.44. The van der Waals surface area contributed by atoms with Crippen molar-refractivity contribution < 1.29 is 14.4 Å². The van der Waals surface area contributed by atoms with Gasteiger partial charge in [0, 0.05) is 12.1 Å². The summed E-state index contributed by atoms with van der Waals surface area (Å²) in [6, 6.07) is 3.18. The first kappa shape index (κ1) is 14.7. The van der Waals surface area contributed by atoms with Gasteiger partial charge in [-0.3, -0.25) is 0 Å². The fourth-order valence-corrected chi connectivity index (χ4v) is 1.44. The van der Waals surface area contributed by atoms with Crippen molar-refractivity contribution in [2.24, 2.45) is 10.9 Å². The number of urea groups is 1. The molecular formula is C12H17FN4O2. The summed E-state index contributed by atoms with van der Waals surface area (Å²) in [5, 5.41) is 16.6. The van der Waals surface area contributed by atoms with Gasteiger partial charge in [-0.25, -0.2) is 9.18 Å². The Balaban J connectivity index is 2.80. The minimum atomic E-state index is -0.543. The summed E-state index contributed by atoms with van der Waals surface area (Å²) in [5.74, 6) is -0.818. The Morgan fingerprint density at radius 3 is 2.89 bits per heavy atom. The number of nitrogens with zero attached hydrogens (tertiary/aromatic N) is 1. The lowest BCUT2D eigenvalue weighted by molar-refractivity contribution is 0.252. The van der Waals surface area contributed by atoms with Crippen LogP contribution in [-0.4, -0.2) is 23.6 Å². The van der Waals surface area contributed by atoms with Crippen molar-refractivity contribution in [1.29, 1.82) is 0 Å². The molecular weight excluding hydrogens is 251 g/mol. The van der Waals surface area contributed by atoms with Gasteiger partial charge >= 0.3 is 6.03 Å². The van der Waals surface area contributed by atoms with Crippen LogP contribution < -0.4 is 16.4 Å². The molecule has 0 fully saturated rings. The summed E-state index contributed by atoms with van der Waals surface area (Å²) in [7, 11) is 0. The number of nitrogens with one attached hydrogen (secondary N) is 2. The molecule has 1 rings (SSSR count). The second kappa shape index (κ2) is 7.20. The lowest BCUT2D eigenvalue weighted by Gasteiger charge is -2.11. The quantitative estimate of drug-likeness (QED) is 0.215. The van der Waals surface area contributed by atoms with Crippen molar-refractivity contribution in [2.75, 3.05) is 11.9 Å². The number of hydrogen-bond donors (Lipinski definition) is 4. The molecule has 2 amide bonds. The number of oxime groups is 1. The maximum absolute atomic E-state index is 13.1. The zero-order chi connectivity index (χ0) is 14.3. The van der Waals surface area contributed by atoms with Gasteiger partial charge < -0.3 is 21.6 Å². The number of nitrogens with two attached hydrogens (primary N) is 1. The zero-order valence-corrected chi connectivity index (χ0v) is 10.6. The van der Waals surface area contributed by atoms with E-state index in [4.69, 9.17) is 10.9 Å². The molecule has 0 saturated carbocycles. The predicted molar refractivity (Wildman–Crippen MR) is 70.8 cm³/mol. The van der Waals surface area contributed by atoms with Crippen molar-refractivity contribution in [1.82, 2.24) is 5.32 Å². The summed E-state index contributed by atoms with van der Waals surface area (Å²) in [5.41, 5.74) is 5.81. The van der Waals surface area contributed by atoms with E-state index in [9.17, 15) is 9.18 Å². The lowest BCUT2D eigenvalue weighted by atomic mass is 10.1. The van der Waals surface area contributed by atoms with Crippen LogP contribution in [0.1, 0.15) is 25.3 Å². The number of rotatable bonds is 5. The molecule has 104 valence electrons. The first-order valence-corrected chi connectivity index (χ1v) is 5.90. The van der Waals surface area contributed by atoms with Crippen molar-refractivity contribution >= 4 is 17.6 Å². The third-order valence-electron chi connectivity index (χ3n) is 2.43. The molecule has 0 saturated heterocycles. The van der Waals surface area contributed by atoms with E-state index in [0.717, 1.165) is 18.9 Å². The molecule has 1 aromatic rings. The standard InChI is InChI=1S/C12H17FN4O2/c1-2-3-6-15-12(18)16-10-5-4-8(13)7-9(10)11(14)17-19/h4-5,7,19H,2-3,6H2,1H3,(H2,14,17)(H2,15,16,18). The van der Waals surface area contributed by atoms with Crippen molar-refractivity contribution in [3.63, 3.8) is 0 Å². The number of amidine groups is 1. The minimum absolute atomic E-state index is 0.119. The summed E-state index contributed by atoms with van der Waals surface area (Å²) < 4.78 is 13.1. The van der Waals surface area contributed by atoms with Gasteiger partial charge in [-0.05, 0) is 24.6 Å². The first-order chi connectivity index (χ1) is 9.08. The maximum Gasteiger partial charge on any atom is 0.319 e. The number of halogens is 1. The van der Waals surface area contributed by atoms with E-state index >= 15 is 0 Å². The van der Waals surface area contributed by atoms with E-state index < -0.39 is 11.8 Å². The summed E-state index contributed by atoms with van der Waals surface area (Å²) >= 11 is 0. The summed E-state index contributed by atoms with van der Waals surface area (Å²) in [6.07, 6.45) is 1.83. The average molecular weight is 268 g/mol. The molecule has 5 N–H and O–H groups in total. The van der Waals surface area contributed by atoms with Gasteiger partial charge in [0.15, 0.2) is 5.84 Å². The topological polar surface area (TPSA) is 99.7 Å². The summed E-state index contributed by atoms with van der Waals surface area (Å²) in [6.45, 7) is 2.55. The molecule has 0 aromatic heterocycles. The van der Waals surface area contributed by atoms with Gasteiger partial charge in [0.25, 0.3) is 0 Å². The van der Waals surface area contributed by atoms with Crippen molar-refractivity contribution in [3.8, 4) is 0 Å². The molecule has 0 radical (unpaired) electrons. The minimum Gasteiger partial charge on any atom is -0.409 e. The predicted octanol–water partition coefficient (Wildman–Crippen LogP) is 1.84. The van der Waals surface area contributed by atoms with Crippen LogP contribution in [0.25, 0.3) is 0 Å². The number of anilines is 1. The zero-order valence-electron chi connectivity index (χ0n) is 10.6. The van der Waals surface area contributed by atoms with Gasteiger partial charge in [0.05, 0.1) is 5.69 Å². The van der Waals surface area contributed by atoms with E-state index in [0.29, 0.717) is 6.54 Å². The van der Waals surface area contributed by atoms with Crippen LogP contribution in [0.5, 0.6) is 0 Å². The van der Waals surface area contributed by atoms with Gasteiger partial charge in [0.1, 0.15) is 5.82 Å². The SMILES string of the molecule is CCCCNC(=O)Nc1ccc(F)cc1/C(N)=N/O. The third kappa shape index (κ3) is 4.46. The second-order valence-corrected chi connectivity index (χ2v) is 3.91. The third-order valence-corrected chi connectivity index (χ3v) is 2.43. The lowest BCUT2D eigenvalue weighted by Crippen LogP contribution is -2.30. The van der Waals surface area contributed by atoms with Crippen LogP contribution >= 0.6 is 0 Å². The van der Waals surface area contributed by atoms with Crippen molar-refractivity contribution in [3.05, 3.63) is 29.6 Å². The highest BCUT2D eigenvalue weighted by Crippen LogP contribution is 2.16. The number of amides is 2. The molecule has 0 aliphatic carbocycles. The van der Waals surface area contributed by atoms with E-state index in [1.807, 2.05) is 6.92 Å². The number of hydrogen-bond acceptors (Lipinski definition) is 3. The number of unbranched alkanes of at least 4 members (excludes halogenated alkanes) is 1. The van der Waals surface area contributed by atoms with E-state index in [-0.39, 0.29) is 17.1 Å². The highest BCUT2D eigenvalue weighted by molar-refractivity contribution is 6.05. The molecule has 0 heterocycles. The highest BCUT2D eigenvalue weighted by Gasteiger charge is 2.11. The Labute approximate surface area is 110 Å². The molecule has 0 unspecified atom stereocenters. The van der Waals surface area contributed by atoms with E-state index in [1.165, 1.54) is 12.1 Å². The Hall–Kier alpha value is -2.31. The van der Waals surface area contributed by atoms with Crippen LogP contribution in [0.3, 0.4) is 0 Å². The van der Waals surface area contributed by atoms with Crippen LogP contribution in [0.15, 0.2) is 23.4 Å². The molecule has 0 aliphatic rings. The number of benzene rings is 1. The fraction of sp³-hybridized carbons (Fsp3) is 0.333. The van der Waals surface area contributed by atoms with E-state index in [2.05, 4.69) is 15.8 Å². The van der Waals surface area contributed by atoms with Gasteiger partial charge in [-0.2, -0.15) is 0 Å². The first-order valence-electron chi connectivity index (χ1n) is 5.90. The molecule has 0 aliphatic heterocycles. The van der Waals surface area contributed by atoms with Gasteiger partial charge in [0.2, 0.25) is 0 Å². The van der Waals surface area contributed by atoms with Crippen molar-refractivity contribution in [2.45, 2.75) is 19.8 Å². The van der Waals surface area contributed by atoms with Gasteiger partial charge in [-0.15, -0.1) is 0 Å². The molecule has 6 nitrogen and oxygen atoms in total. The normalized spacial score (nSPS) is 11.2. The summed E-state index contributed by atoms with van der Waals surface area (Å²) in [4.78, 5) is 11.6. The Morgan fingerprint density at radius 1 is 1.53 bits per heavy atom. The average Bonchev–Trinajstić information content (AvgIpc) is 2.40. The Kier molecular flexibility index (Phi) is 5.59. The highest BCUT2D eigenvalue weighted by atomic mass is 19.1. The van der Waals surface area contributed by atoms with Crippen LogP contribution in [-0.2, 0) is 0 Å². The maximum atomic E-state index is 13.1. The monoisotopic (exact) mass is 268 g/mol.